The summed E-state index contributed by atoms with van der Waals surface area (Å²) in [5.74, 6) is 0.219. The number of carboxylic acids is 1. The molecule has 6 fully saturated rings. The lowest BCUT2D eigenvalue weighted by Gasteiger charge is -2.71. The molecule has 0 radical (unpaired) electrons. The van der Waals surface area contributed by atoms with E-state index < -0.39 is 66.7 Å². The summed E-state index contributed by atoms with van der Waals surface area (Å²) in [6.07, 6.45) is -0.253. The molecule has 11 heteroatoms. The van der Waals surface area contributed by atoms with Crippen LogP contribution in [0.25, 0.3) is 0 Å². The van der Waals surface area contributed by atoms with Gasteiger partial charge in [0, 0.05) is 0 Å². The summed E-state index contributed by atoms with van der Waals surface area (Å²) in [6, 6.07) is 0. The van der Waals surface area contributed by atoms with Crippen LogP contribution >= 0.6 is 0 Å². The third kappa shape index (κ3) is 5.64. The number of aliphatic hydroxyl groups excluding tert-OH is 5. The van der Waals surface area contributed by atoms with Crippen molar-refractivity contribution in [2.24, 2.45) is 50.2 Å². The molecular formula is C41H66O11. The van der Waals surface area contributed by atoms with Gasteiger partial charge in [0.25, 0.3) is 0 Å². The smallest absolute Gasteiger partial charge is 0.310 e. The number of carbonyl (C=O) groups is 1. The molecule has 2 heterocycles. The monoisotopic (exact) mass is 734 g/mol. The molecule has 2 aliphatic heterocycles. The van der Waals surface area contributed by atoms with Crippen molar-refractivity contribution in [1.82, 2.24) is 0 Å². The van der Waals surface area contributed by atoms with Crippen LogP contribution in [0.5, 0.6) is 0 Å². The van der Waals surface area contributed by atoms with Gasteiger partial charge in [-0.05, 0) is 116 Å². The number of hydrogen-bond donors (Lipinski definition) is 6. The zero-order valence-electron chi connectivity index (χ0n) is 32.6. The molecule has 6 N–H and O–H groups in total. The number of rotatable bonds is 5. The summed E-state index contributed by atoms with van der Waals surface area (Å²) in [6.45, 7) is 18.1. The first-order valence-electron chi connectivity index (χ1n) is 20.1. The summed E-state index contributed by atoms with van der Waals surface area (Å²) >= 11 is 0. The average molecular weight is 735 g/mol. The van der Waals surface area contributed by atoms with Crippen molar-refractivity contribution in [2.45, 2.75) is 181 Å². The SMILES string of the molecule is C[C@H]1O[C@H](O[C@@H]2[C@@H](O[C@H]3CC[C@@]4(C)[C@H](CC[C@]5(C)[C@H]4CC=C4[C@H]6CC(C)(C)CC[C@]6(C(=O)O)CC[C@]45C)C3(C)C)OC[C@@H](O)[C@H]2O)[C@@H](O)[C@@H](O)[C@@H]1O. The number of hydrogen-bond acceptors (Lipinski definition) is 10. The number of allylic oxidation sites excluding steroid dienone is 2. The van der Waals surface area contributed by atoms with Gasteiger partial charge in [0.15, 0.2) is 12.6 Å². The Labute approximate surface area is 309 Å². The summed E-state index contributed by atoms with van der Waals surface area (Å²) in [7, 11) is 0. The highest BCUT2D eigenvalue weighted by Gasteiger charge is 2.69. The lowest BCUT2D eigenvalue weighted by Crippen LogP contribution is -2.66. The van der Waals surface area contributed by atoms with Crippen LogP contribution in [-0.4, -0.2) is 105 Å². The molecule has 52 heavy (non-hydrogen) atoms. The van der Waals surface area contributed by atoms with E-state index in [0.29, 0.717) is 11.8 Å². The fraction of sp³-hybridized carbons (Fsp3) is 0.927. The van der Waals surface area contributed by atoms with E-state index in [-0.39, 0.29) is 45.7 Å². The molecule has 0 bridgehead atoms. The molecule has 7 rings (SSSR count). The van der Waals surface area contributed by atoms with E-state index in [1.807, 2.05) is 0 Å². The zero-order chi connectivity index (χ0) is 38.0. The predicted octanol–water partition coefficient (Wildman–Crippen LogP) is 4.55. The molecule has 0 unspecified atom stereocenters. The van der Waals surface area contributed by atoms with Crippen molar-refractivity contribution in [2.75, 3.05) is 6.61 Å². The molecule has 7 aliphatic rings. The van der Waals surface area contributed by atoms with Crippen LogP contribution < -0.4 is 0 Å². The topological polar surface area (TPSA) is 175 Å². The van der Waals surface area contributed by atoms with Gasteiger partial charge in [-0.3, -0.25) is 4.79 Å². The van der Waals surface area contributed by atoms with E-state index in [9.17, 15) is 35.4 Å². The Hall–Kier alpha value is -1.15. The highest BCUT2D eigenvalue weighted by atomic mass is 16.8. The number of fused-ring (bicyclic) bond motifs is 7. The molecule has 296 valence electrons. The average Bonchev–Trinajstić information content (AvgIpc) is 3.06. The molecule has 5 aliphatic carbocycles. The largest absolute Gasteiger partial charge is 0.481 e. The quantitative estimate of drug-likeness (QED) is 0.173. The van der Waals surface area contributed by atoms with Crippen LogP contribution in [0.2, 0.25) is 0 Å². The van der Waals surface area contributed by atoms with Gasteiger partial charge in [-0.25, -0.2) is 0 Å². The van der Waals surface area contributed by atoms with E-state index in [4.69, 9.17) is 18.9 Å². The van der Waals surface area contributed by atoms with Gasteiger partial charge in [-0.1, -0.05) is 60.1 Å². The normalized spacial score (nSPS) is 54.1. The minimum Gasteiger partial charge on any atom is -0.481 e. The molecule has 2 saturated heterocycles. The molecule has 0 aromatic heterocycles. The van der Waals surface area contributed by atoms with Crippen molar-refractivity contribution in [3.63, 3.8) is 0 Å². The second-order valence-corrected chi connectivity index (χ2v) is 20.2. The van der Waals surface area contributed by atoms with Crippen LogP contribution in [0.4, 0.5) is 0 Å². The first-order valence-corrected chi connectivity index (χ1v) is 20.1. The van der Waals surface area contributed by atoms with Gasteiger partial charge in [0.1, 0.15) is 36.6 Å². The van der Waals surface area contributed by atoms with Gasteiger partial charge < -0.3 is 49.6 Å². The molecule has 17 atom stereocenters. The Kier molecular flexibility index (Phi) is 9.74. The van der Waals surface area contributed by atoms with E-state index >= 15 is 0 Å². The maximum atomic E-state index is 13.0. The molecule has 4 saturated carbocycles. The standard InChI is InChI=1S/C41H66O11/c1-21-28(43)30(45)31(46)33(50-21)52-32-29(44)24(42)20-49-34(32)51-27-12-13-38(6)25(37(27,4)5)11-14-40(8)26(38)10-9-22-23-19-36(2,3)15-17-41(23,35(47)48)18-16-39(22,40)7/h9,21,23-34,42-46H,10-20H2,1-8H3,(H,47,48)/t21-,23-,24-,25-,26+,27+,28-,29-,30+,31+,32+,33-,34-,38+,39-,40-,41+/m1/s1. The van der Waals surface area contributed by atoms with Crippen molar-refractivity contribution >= 4 is 5.97 Å². The first-order chi connectivity index (χ1) is 24.1. The molecule has 0 amide bonds. The number of aliphatic carboxylic acids is 1. The van der Waals surface area contributed by atoms with E-state index in [2.05, 4.69) is 54.5 Å². The van der Waals surface area contributed by atoms with Crippen LogP contribution in [0.3, 0.4) is 0 Å². The van der Waals surface area contributed by atoms with Crippen molar-refractivity contribution in [3.05, 3.63) is 11.6 Å². The Morgan fingerprint density at radius 3 is 2.17 bits per heavy atom. The van der Waals surface area contributed by atoms with Gasteiger partial charge in [0.05, 0.1) is 24.2 Å². The second-order valence-electron chi connectivity index (χ2n) is 20.2. The van der Waals surface area contributed by atoms with E-state index in [1.165, 1.54) is 5.57 Å². The molecular weight excluding hydrogens is 668 g/mol. The summed E-state index contributed by atoms with van der Waals surface area (Å²) in [5.41, 5.74) is 0.579. The second kappa shape index (κ2) is 12.9. The lowest BCUT2D eigenvalue weighted by atomic mass is 9.33. The maximum Gasteiger partial charge on any atom is 0.310 e. The Balaban J connectivity index is 1.13. The van der Waals surface area contributed by atoms with Gasteiger partial charge in [0.2, 0.25) is 0 Å². The minimum absolute atomic E-state index is 0.0146. The number of carboxylic acid groups (broad SMARTS) is 1. The summed E-state index contributed by atoms with van der Waals surface area (Å²) < 4.78 is 24.5. The van der Waals surface area contributed by atoms with Crippen LogP contribution in [-0.2, 0) is 23.7 Å². The molecule has 0 aromatic carbocycles. The molecule has 11 nitrogen and oxygen atoms in total. The zero-order valence-corrected chi connectivity index (χ0v) is 32.6. The fourth-order valence-electron chi connectivity index (χ4n) is 13.3. The Morgan fingerprint density at radius 1 is 0.788 bits per heavy atom. The first kappa shape index (κ1) is 39.1. The predicted molar refractivity (Wildman–Crippen MR) is 191 cm³/mol. The van der Waals surface area contributed by atoms with Crippen molar-refractivity contribution < 1.29 is 54.4 Å². The summed E-state index contributed by atoms with van der Waals surface area (Å²) in [5, 5.41) is 63.6. The fourth-order valence-corrected chi connectivity index (χ4v) is 13.3. The van der Waals surface area contributed by atoms with Crippen LogP contribution in [0.15, 0.2) is 11.6 Å². The van der Waals surface area contributed by atoms with Crippen molar-refractivity contribution in [1.29, 1.82) is 0 Å². The maximum absolute atomic E-state index is 13.0. The third-order valence-corrected chi connectivity index (χ3v) is 16.8. The molecule has 0 aromatic rings. The Bertz CT molecular complexity index is 1410. The van der Waals surface area contributed by atoms with Gasteiger partial charge >= 0.3 is 5.97 Å². The van der Waals surface area contributed by atoms with Gasteiger partial charge in [-0.15, -0.1) is 0 Å². The van der Waals surface area contributed by atoms with Crippen LogP contribution in [0, 0.1) is 50.2 Å². The minimum atomic E-state index is -1.58. The number of aliphatic hydroxyl groups is 5. The Morgan fingerprint density at radius 2 is 1.48 bits per heavy atom. The lowest BCUT2D eigenvalue weighted by molar-refractivity contribution is -0.364. The van der Waals surface area contributed by atoms with Crippen LogP contribution in [0.1, 0.15) is 120 Å². The highest BCUT2D eigenvalue weighted by molar-refractivity contribution is 5.76. The third-order valence-electron chi connectivity index (χ3n) is 16.8. The summed E-state index contributed by atoms with van der Waals surface area (Å²) in [4.78, 5) is 13.0. The van der Waals surface area contributed by atoms with E-state index in [0.717, 1.165) is 64.2 Å². The van der Waals surface area contributed by atoms with Crippen molar-refractivity contribution in [3.8, 4) is 0 Å². The van der Waals surface area contributed by atoms with Gasteiger partial charge in [-0.2, -0.15) is 0 Å². The highest BCUT2D eigenvalue weighted by Crippen LogP contribution is 2.76. The molecule has 0 spiro atoms. The van der Waals surface area contributed by atoms with E-state index in [1.54, 1.807) is 6.92 Å². The number of ether oxygens (including phenoxy) is 4.